The van der Waals surface area contributed by atoms with E-state index in [0.717, 1.165) is 46.5 Å². The Bertz CT molecular complexity index is 969. The van der Waals surface area contributed by atoms with Gasteiger partial charge in [-0.1, -0.05) is 12.1 Å². The zero-order valence-corrected chi connectivity index (χ0v) is 13.2. The van der Waals surface area contributed by atoms with Crippen molar-refractivity contribution in [3.8, 4) is 34.4 Å². The number of nitrogens with zero attached hydrogens (tertiary/aromatic N) is 2. The third-order valence-corrected chi connectivity index (χ3v) is 4.44. The van der Waals surface area contributed by atoms with Gasteiger partial charge < -0.3 is 14.9 Å². The summed E-state index contributed by atoms with van der Waals surface area (Å²) in [6, 6.07) is 11.7. The molecule has 0 amide bonds. The fourth-order valence-corrected chi connectivity index (χ4v) is 3.40. The third-order valence-electron chi connectivity index (χ3n) is 4.44. The molecule has 4 rings (SSSR count). The second-order valence-corrected chi connectivity index (χ2v) is 5.65. The quantitative estimate of drug-likeness (QED) is 0.781. The molecule has 118 valence electrons. The van der Waals surface area contributed by atoms with Crippen LogP contribution in [0.15, 0.2) is 41.0 Å². The molecule has 0 saturated heterocycles. The van der Waals surface area contributed by atoms with Gasteiger partial charge >= 0.3 is 0 Å². The summed E-state index contributed by atoms with van der Waals surface area (Å²) < 4.78 is 11.0. The zero-order valence-electron chi connectivity index (χ0n) is 13.2. The lowest BCUT2D eigenvalue weighted by molar-refractivity contribution is 0.409. The van der Waals surface area contributed by atoms with Crippen LogP contribution in [0.25, 0.3) is 22.6 Å². The van der Waals surface area contributed by atoms with Crippen LogP contribution < -0.4 is 10.5 Å². The smallest absolute Gasteiger partial charge is 0.142 e. The van der Waals surface area contributed by atoms with Gasteiger partial charge in [0.05, 0.1) is 19.1 Å². The van der Waals surface area contributed by atoms with E-state index in [-0.39, 0.29) is 5.82 Å². The molecule has 0 bridgehead atoms. The molecule has 3 aromatic rings. The number of benzene rings is 1. The number of furan rings is 1. The lowest BCUT2D eigenvalue weighted by Gasteiger charge is -2.24. The number of rotatable bonds is 2. The molecule has 2 N–H and O–H groups in total. The Hall–Kier alpha value is -3.26. The van der Waals surface area contributed by atoms with Crippen molar-refractivity contribution in [3.63, 3.8) is 0 Å². The van der Waals surface area contributed by atoms with Crippen LogP contribution in [-0.2, 0) is 12.8 Å². The number of aromatic nitrogens is 1. The molecule has 2 aromatic heterocycles. The zero-order chi connectivity index (χ0) is 16.7. The average molecular weight is 317 g/mol. The molecule has 0 aliphatic heterocycles. The van der Waals surface area contributed by atoms with Gasteiger partial charge in [-0.25, -0.2) is 4.98 Å². The van der Waals surface area contributed by atoms with Crippen molar-refractivity contribution in [2.24, 2.45) is 0 Å². The number of nitrogen functional groups attached to an aromatic ring is 1. The second-order valence-electron chi connectivity index (χ2n) is 5.65. The van der Waals surface area contributed by atoms with Crippen LogP contribution in [0.2, 0.25) is 0 Å². The lowest BCUT2D eigenvalue weighted by Crippen LogP contribution is -2.12. The summed E-state index contributed by atoms with van der Waals surface area (Å²) in [7, 11) is 1.67. The normalized spacial score (nSPS) is 12.2. The molecule has 0 saturated carbocycles. The van der Waals surface area contributed by atoms with E-state index < -0.39 is 0 Å². The van der Waals surface area contributed by atoms with Crippen molar-refractivity contribution in [1.29, 1.82) is 5.26 Å². The molecule has 24 heavy (non-hydrogen) atoms. The number of nitriles is 1. The van der Waals surface area contributed by atoms with Crippen molar-refractivity contribution in [1.82, 2.24) is 4.98 Å². The summed E-state index contributed by atoms with van der Waals surface area (Å²) >= 11 is 0. The van der Waals surface area contributed by atoms with Crippen LogP contribution in [0.3, 0.4) is 0 Å². The monoisotopic (exact) mass is 317 g/mol. The molecule has 0 spiro atoms. The first kappa shape index (κ1) is 14.3. The van der Waals surface area contributed by atoms with Crippen LogP contribution in [0, 0.1) is 11.3 Å². The molecule has 5 nitrogen and oxygen atoms in total. The molecule has 5 heteroatoms. The summed E-state index contributed by atoms with van der Waals surface area (Å²) in [5, 5.41) is 9.55. The molecule has 0 fully saturated rings. The first-order chi connectivity index (χ1) is 11.7. The van der Waals surface area contributed by atoms with E-state index in [4.69, 9.17) is 14.9 Å². The highest BCUT2D eigenvalue weighted by molar-refractivity contribution is 5.85. The van der Waals surface area contributed by atoms with Crippen LogP contribution in [-0.4, -0.2) is 12.1 Å². The second kappa shape index (κ2) is 5.43. The minimum Gasteiger partial charge on any atom is -0.496 e. The maximum absolute atomic E-state index is 9.55. The predicted octanol–water partition coefficient (Wildman–Crippen LogP) is 3.57. The standard InChI is InChI=1S/C19H15N3O2/c1-23-15-5-2-4-12-11(15)7-8-13-17(16-6-3-9-24-16)14(10-20)19(21)22-18(12)13/h2-6,9H,7-8H2,1H3,(H2,21,22). The number of fused-ring (bicyclic) bond motifs is 3. The number of anilines is 1. The fourth-order valence-electron chi connectivity index (χ4n) is 3.40. The minimum atomic E-state index is 0.221. The minimum absolute atomic E-state index is 0.221. The van der Waals surface area contributed by atoms with Crippen molar-refractivity contribution in [2.45, 2.75) is 12.8 Å². The third kappa shape index (κ3) is 1.97. The number of pyridine rings is 1. The molecule has 0 unspecified atom stereocenters. The van der Waals surface area contributed by atoms with Crippen molar-refractivity contribution in [2.75, 3.05) is 12.8 Å². The van der Waals surface area contributed by atoms with Gasteiger partial charge in [0.25, 0.3) is 0 Å². The van der Waals surface area contributed by atoms with Gasteiger partial charge in [-0.15, -0.1) is 0 Å². The average Bonchev–Trinajstić information content (AvgIpc) is 3.14. The number of ether oxygens (including phenoxy) is 1. The number of hydrogen-bond acceptors (Lipinski definition) is 5. The topological polar surface area (TPSA) is 85.1 Å². The Morgan fingerprint density at radius 3 is 2.75 bits per heavy atom. The van der Waals surface area contributed by atoms with Gasteiger partial charge in [-0.2, -0.15) is 5.26 Å². The summed E-state index contributed by atoms with van der Waals surface area (Å²) in [6.07, 6.45) is 3.16. The van der Waals surface area contributed by atoms with E-state index in [1.165, 1.54) is 0 Å². The fraction of sp³-hybridized carbons (Fsp3) is 0.158. The maximum atomic E-state index is 9.55. The van der Waals surface area contributed by atoms with Crippen LogP contribution in [0.5, 0.6) is 5.75 Å². The van der Waals surface area contributed by atoms with Crippen LogP contribution >= 0.6 is 0 Å². The summed E-state index contributed by atoms with van der Waals surface area (Å²) in [5.41, 5.74) is 11.1. The van der Waals surface area contributed by atoms with E-state index in [2.05, 4.69) is 11.1 Å². The molecule has 2 heterocycles. The molecule has 1 aromatic carbocycles. The highest BCUT2D eigenvalue weighted by Gasteiger charge is 2.27. The molecule has 0 atom stereocenters. The Balaban J connectivity index is 2.06. The highest BCUT2D eigenvalue weighted by atomic mass is 16.5. The Morgan fingerprint density at radius 1 is 1.21 bits per heavy atom. The van der Waals surface area contributed by atoms with E-state index in [1.807, 2.05) is 24.3 Å². The SMILES string of the molecule is COc1cccc2c1CCc1c-2nc(N)c(C#N)c1-c1ccco1. The Morgan fingerprint density at radius 2 is 2.04 bits per heavy atom. The highest BCUT2D eigenvalue weighted by Crippen LogP contribution is 2.43. The van der Waals surface area contributed by atoms with Crippen LogP contribution in [0.4, 0.5) is 5.82 Å². The Labute approximate surface area is 139 Å². The Kier molecular flexibility index (Phi) is 3.24. The van der Waals surface area contributed by atoms with Gasteiger partial charge in [-0.3, -0.25) is 0 Å². The van der Waals surface area contributed by atoms with E-state index >= 15 is 0 Å². The number of nitrogens with two attached hydrogens (primary N) is 1. The first-order valence-electron chi connectivity index (χ1n) is 7.67. The lowest BCUT2D eigenvalue weighted by atomic mass is 9.84. The summed E-state index contributed by atoms with van der Waals surface area (Å²) in [4.78, 5) is 4.53. The van der Waals surface area contributed by atoms with E-state index in [9.17, 15) is 5.26 Å². The molecule has 1 aliphatic rings. The molecular weight excluding hydrogens is 302 g/mol. The maximum Gasteiger partial charge on any atom is 0.142 e. The number of methoxy groups -OCH3 is 1. The van der Waals surface area contributed by atoms with Gasteiger partial charge in [0.1, 0.15) is 29.0 Å². The van der Waals surface area contributed by atoms with E-state index in [1.54, 1.807) is 19.4 Å². The van der Waals surface area contributed by atoms with Crippen molar-refractivity contribution < 1.29 is 9.15 Å². The summed E-state index contributed by atoms with van der Waals surface area (Å²) in [6.45, 7) is 0. The van der Waals surface area contributed by atoms with Gasteiger partial charge in [0.2, 0.25) is 0 Å². The van der Waals surface area contributed by atoms with Crippen LogP contribution in [0.1, 0.15) is 16.7 Å². The molecule has 0 radical (unpaired) electrons. The first-order valence-corrected chi connectivity index (χ1v) is 7.67. The van der Waals surface area contributed by atoms with Gasteiger partial charge in [0, 0.05) is 16.7 Å². The van der Waals surface area contributed by atoms with Crippen molar-refractivity contribution >= 4 is 5.82 Å². The summed E-state index contributed by atoms with van der Waals surface area (Å²) in [5.74, 6) is 1.71. The van der Waals surface area contributed by atoms with Gasteiger partial charge in [-0.05, 0) is 36.6 Å². The molecular formula is C19H15N3O2. The largest absolute Gasteiger partial charge is 0.496 e. The number of hydrogen-bond donors (Lipinski definition) is 1. The molecule has 1 aliphatic carbocycles. The van der Waals surface area contributed by atoms with Crippen molar-refractivity contribution in [3.05, 3.63) is 53.3 Å². The van der Waals surface area contributed by atoms with Gasteiger partial charge in [0.15, 0.2) is 0 Å². The van der Waals surface area contributed by atoms with E-state index in [0.29, 0.717) is 11.3 Å². The predicted molar refractivity (Wildman–Crippen MR) is 90.5 cm³/mol.